The second-order valence-electron chi connectivity index (χ2n) is 5.15. The molecule has 0 aromatic carbocycles. The predicted molar refractivity (Wildman–Crippen MR) is 75.3 cm³/mol. The van der Waals surface area contributed by atoms with Gasteiger partial charge in [-0.3, -0.25) is 4.79 Å². The van der Waals surface area contributed by atoms with Crippen molar-refractivity contribution in [3.63, 3.8) is 0 Å². The van der Waals surface area contributed by atoms with Gasteiger partial charge in [-0.05, 0) is 25.7 Å². The summed E-state index contributed by atoms with van der Waals surface area (Å²) in [6.07, 6.45) is 1.14. The zero-order valence-corrected chi connectivity index (χ0v) is 12.5. The minimum absolute atomic E-state index is 0.140. The molecule has 3 amide bonds. The topological polar surface area (TPSA) is 108 Å². The highest BCUT2D eigenvalue weighted by molar-refractivity contribution is 5.88. The molecule has 2 atom stereocenters. The molecule has 0 heterocycles. The highest BCUT2D eigenvalue weighted by Gasteiger charge is 2.22. The Morgan fingerprint density at radius 1 is 1.10 bits per heavy atom. The van der Waals surface area contributed by atoms with E-state index in [9.17, 15) is 14.4 Å². The van der Waals surface area contributed by atoms with Gasteiger partial charge in [-0.2, -0.15) is 0 Å². The average molecular weight is 287 g/mol. The molecular formula is C13H25N3O4. The third-order valence-corrected chi connectivity index (χ3v) is 2.60. The van der Waals surface area contributed by atoms with Gasteiger partial charge in [0.25, 0.3) is 0 Å². The van der Waals surface area contributed by atoms with Gasteiger partial charge in [0.15, 0.2) is 0 Å². The van der Waals surface area contributed by atoms with Crippen molar-refractivity contribution in [1.82, 2.24) is 16.0 Å². The molecule has 4 N–H and O–H groups in total. The first kappa shape index (κ1) is 18.2. The normalized spacial score (nSPS) is 13.4. The van der Waals surface area contributed by atoms with Gasteiger partial charge in [-0.25, -0.2) is 9.59 Å². The van der Waals surface area contributed by atoms with Crippen molar-refractivity contribution in [3.05, 3.63) is 0 Å². The van der Waals surface area contributed by atoms with E-state index in [4.69, 9.17) is 5.11 Å². The van der Waals surface area contributed by atoms with Crippen molar-refractivity contribution < 1.29 is 19.5 Å². The van der Waals surface area contributed by atoms with Crippen LogP contribution < -0.4 is 16.0 Å². The number of carboxylic acids is 1. The van der Waals surface area contributed by atoms with Crippen molar-refractivity contribution in [2.45, 2.75) is 52.6 Å². The first-order valence-corrected chi connectivity index (χ1v) is 6.85. The number of nitrogens with one attached hydrogen (secondary N) is 3. The van der Waals surface area contributed by atoms with Crippen LogP contribution in [0.5, 0.6) is 0 Å². The van der Waals surface area contributed by atoms with Gasteiger partial charge in [-0.15, -0.1) is 0 Å². The van der Waals surface area contributed by atoms with E-state index in [0.29, 0.717) is 13.0 Å². The van der Waals surface area contributed by atoms with Crippen molar-refractivity contribution in [2.75, 3.05) is 6.54 Å². The largest absolute Gasteiger partial charge is 0.480 e. The molecule has 0 aliphatic rings. The molecule has 0 aromatic rings. The van der Waals surface area contributed by atoms with Crippen LogP contribution in [-0.4, -0.2) is 41.6 Å². The van der Waals surface area contributed by atoms with Crippen LogP contribution in [0.25, 0.3) is 0 Å². The highest BCUT2D eigenvalue weighted by atomic mass is 16.4. The van der Waals surface area contributed by atoms with Gasteiger partial charge in [0.2, 0.25) is 5.91 Å². The SMILES string of the molecule is CCCNC(=O)C(C)NC(=O)N[C@H](CC(C)C)C(=O)O. The molecule has 1 unspecified atom stereocenters. The molecule has 0 aliphatic carbocycles. The Labute approximate surface area is 119 Å². The molecule has 20 heavy (non-hydrogen) atoms. The van der Waals surface area contributed by atoms with Crippen LogP contribution >= 0.6 is 0 Å². The monoisotopic (exact) mass is 287 g/mol. The molecular weight excluding hydrogens is 262 g/mol. The van der Waals surface area contributed by atoms with Crippen LogP contribution in [0.3, 0.4) is 0 Å². The lowest BCUT2D eigenvalue weighted by Gasteiger charge is -2.19. The molecule has 0 aromatic heterocycles. The predicted octanol–water partition coefficient (Wildman–Crippen LogP) is 0.700. The summed E-state index contributed by atoms with van der Waals surface area (Å²) in [5.41, 5.74) is 0. The number of amides is 3. The molecule has 0 rings (SSSR count). The molecule has 0 spiro atoms. The number of carbonyl (C=O) groups excluding carboxylic acids is 2. The third-order valence-electron chi connectivity index (χ3n) is 2.60. The summed E-state index contributed by atoms with van der Waals surface area (Å²) in [6.45, 7) is 7.75. The molecule has 0 radical (unpaired) electrons. The van der Waals surface area contributed by atoms with Crippen LogP contribution in [0.4, 0.5) is 4.79 Å². The van der Waals surface area contributed by atoms with E-state index in [2.05, 4.69) is 16.0 Å². The summed E-state index contributed by atoms with van der Waals surface area (Å²) in [4.78, 5) is 34.2. The molecule has 0 saturated heterocycles. The third kappa shape index (κ3) is 7.60. The van der Waals surface area contributed by atoms with Gasteiger partial charge in [0.05, 0.1) is 0 Å². The van der Waals surface area contributed by atoms with Crippen molar-refractivity contribution in [1.29, 1.82) is 0 Å². The molecule has 0 bridgehead atoms. The second kappa shape index (κ2) is 9.17. The second-order valence-corrected chi connectivity index (χ2v) is 5.15. The smallest absolute Gasteiger partial charge is 0.326 e. The Hall–Kier alpha value is -1.79. The lowest BCUT2D eigenvalue weighted by molar-refractivity contribution is -0.139. The summed E-state index contributed by atoms with van der Waals surface area (Å²) in [5, 5.41) is 16.4. The minimum atomic E-state index is -1.09. The van der Waals surface area contributed by atoms with E-state index in [1.54, 1.807) is 6.92 Å². The maximum atomic E-state index is 11.7. The van der Waals surface area contributed by atoms with Gasteiger partial charge >= 0.3 is 12.0 Å². The summed E-state index contributed by atoms with van der Waals surface area (Å²) in [6, 6.07) is -2.33. The fourth-order valence-electron chi connectivity index (χ4n) is 1.56. The van der Waals surface area contributed by atoms with Crippen molar-refractivity contribution >= 4 is 17.9 Å². The minimum Gasteiger partial charge on any atom is -0.480 e. The van der Waals surface area contributed by atoms with Crippen LogP contribution in [-0.2, 0) is 9.59 Å². The van der Waals surface area contributed by atoms with Gasteiger partial charge < -0.3 is 21.1 Å². The van der Waals surface area contributed by atoms with Crippen LogP contribution in [0.15, 0.2) is 0 Å². The van der Waals surface area contributed by atoms with Crippen LogP contribution in [0, 0.1) is 5.92 Å². The van der Waals surface area contributed by atoms with Gasteiger partial charge in [0.1, 0.15) is 12.1 Å². The number of urea groups is 1. The fraction of sp³-hybridized carbons (Fsp3) is 0.769. The number of aliphatic carboxylic acids is 1. The number of hydrogen-bond donors (Lipinski definition) is 4. The Morgan fingerprint density at radius 2 is 1.70 bits per heavy atom. The van der Waals surface area contributed by atoms with E-state index in [-0.39, 0.29) is 11.8 Å². The van der Waals surface area contributed by atoms with E-state index in [0.717, 1.165) is 6.42 Å². The molecule has 7 heteroatoms. The lowest BCUT2D eigenvalue weighted by atomic mass is 10.0. The highest BCUT2D eigenvalue weighted by Crippen LogP contribution is 2.04. The standard InChI is InChI=1S/C13H25N3O4/c1-5-6-14-11(17)9(4)15-13(20)16-10(12(18)19)7-8(2)3/h8-10H,5-7H2,1-4H3,(H,14,17)(H,18,19)(H2,15,16,20)/t9?,10-/m1/s1. The maximum Gasteiger partial charge on any atom is 0.326 e. The Morgan fingerprint density at radius 3 is 2.15 bits per heavy atom. The average Bonchev–Trinajstić information content (AvgIpc) is 2.34. The molecule has 0 fully saturated rings. The van der Waals surface area contributed by atoms with Crippen LogP contribution in [0.2, 0.25) is 0 Å². The van der Waals surface area contributed by atoms with Gasteiger partial charge in [0, 0.05) is 6.54 Å². The van der Waals surface area contributed by atoms with E-state index < -0.39 is 24.1 Å². The number of rotatable bonds is 8. The Bertz CT molecular complexity index is 345. The summed E-state index contributed by atoms with van der Waals surface area (Å²) in [5.74, 6) is -1.24. The van der Waals surface area contributed by atoms with Crippen molar-refractivity contribution in [2.24, 2.45) is 5.92 Å². The van der Waals surface area contributed by atoms with Gasteiger partial charge in [-0.1, -0.05) is 20.8 Å². The number of carboxylic acid groups (broad SMARTS) is 1. The van der Waals surface area contributed by atoms with E-state index in [1.807, 2.05) is 20.8 Å². The Kier molecular flexibility index (Phi) is 8.35. The van der Waals surface area contributed by atoms with Crippen LogP contribution in [0.1, 0.15) is 40.5 Å². The molecule has 0 saturated carbocycles. The zero-order chi connectivity index (χ0) is 15.7. The molecule has 0 aliphatic heterocycles. The summed E-state index contributed by atoms with van der Waals surface area (Å²) >= 11 is 0. The first-order chi connectivity index (χ1) is 9.27. The maximum absolute atomic E-state index is 11.7. The first-order valence-electron chi connectivity index (χ1n) is 6.85. The Balaban J connectivity index is 4.31. The summed E-state index contributed by atoms with van der Waals surface area (Å²) < 4.78 is 0. The van der Waals surface area contributed by atoms with Crippen molar-refractivity contribution in [3.8, 4) is 0 Å². The van der Waals surface area contributed by atoms with E-state index in [1.165, 1.54) is 0 Å². The lowest BCUT2D eigenvalue weighted by Crippen LogP contribution is -2.52. The molecule has 116 valence electrons. The quantitative estimate of drug-likeness (QED) is 0.527. The fourth-order valence-corrected chi connectivity index (χ4v) is 1.56. The zero-order valence-electron chi connectivity index (χ0n) is 12.5. The van der Waals surface area contributed by atoms with E-state index >= 15 is 0 Å². The molecule has 7 nitrogen and oxygen atoms in total. The number of hydrogen-bond acceptors (Lipinski definition) is 3. The number of carbonyl (C=O) groups is 3. The summed E-state index contributed by atoms with van der Waals surface area (Å²) in [7, 11) is 0.